The lowest BCUT2D eigenvalue weighted by molar-refractivity contribution is -0.136. The molecule has 164 valence electrons. The molecule has 0 aromatic heterocycles. The third-order valence-corrected chi connectivity index (χ3v) is 7.43. The van der Waals surface area contributed by atoms with Gasteiger partial charge in [0.1, 0.15) is 6.04 Å². The maximum atomic E-state index is 12.9. The van der Waals surface area contributed by atoms with E-state index in [9.17, 15) is 19.2 Å². The van der Waals surface area contributed by atoms with Crippen LogP contribution in [0, 0.1) is 11.3 Å². The highest BCUT2D eigenvalue weighted by Gasteiger charge is 2.44. The normalized spacial score (nSPS) is 25.5. The number of piperidine rings is 1. The lowest BCUT2D eigenvalue weighted by Crippen LogP contribution is -2.55. The molecule has 1 unspecified atom stereocenters. The molecule has 5 rings (SSSR count). The van der Waals surface area contributed by atoms with Crippen molar-refractivity contribution >= 4 is 23.6 Å². The number of benzene rings is 1. The summed E-state index contributed by atoms with van der Waals surface area (Å²) in [7, 11) is 0. The minimum absolute atomic E-state index is 0.123. The Bertz CT molecular complexity index is 945. The summed E-state index contributed by atoms with van der Waals surface area (Å²) in [4.78, 5) is 50.3. The van der Waals surface area contributed by atoms with Crippen LogP contribution in [0.5, 0.6) is 0 Å². The quantitative estimate of drug-likeness (QED) is 0.608. The fourth-order valence-electron chi connectivity index (χ4n) is 5.37. The van der Waals surface area contributed by atoms with Crippen LogP contribution in [0.1, 0.15) is 64.8 Å². The van der Waals surface area contributed by atoms with Crippen molar-refractivity contribution in [3.8, 4) is 0 Å². The van der Waals surface area contributed by atoms with E-state index in [0.29, 0.717) is 29.0 Å². The molecule has 0 radical (unpaired) electrons. The Morgan fingerprint density at radius 2 is 1.74 bits per heavy atom. The summed E-state index contributed by atoms with van der Waals surface area (Å²) >= 11 is 0. The van der Waals surface area contributed by atoms with Gasteiger partial charge in [-0.1, -0.05) is 6.07 Å². The van der Waals surface area contributed by atoms with Gasteiger partial charge in [0.2, 0.25) is 11.8 Å². The number of amides is 4. The first kappa shape index (κ1) is 20.3. The summed E-state index contributed by atoms with van der Waals surface area (Å²) in [5.74, 6) is -1.19. The van der Waals surface area contributed by atoms with Crippen molar-refractivity contribution in [3.05, 3.63) is 34.9 Å². The Hall–Kier alpha value is -2.58. The van der Waals surface area contributed by atoms with Gasteiger partial charge < -0.3 is 10.6 Å². The highest BCUT2D eigenvalue weighted by molar-refractivity contribution is 6.23. The molecular formula is C23H28N4O4. The van der Waals surface area contributed by atoms with Crippen molar-refractivity contribution in [2.45, 2.75) is 51.1 Å². The van der Waals surface area contributed by atoms with Gasteiger partial charge in [-0.05, 0) is 67.7 Å². The number of hydrogen-bond acceptors (Lipinski definition) is 6. The highest BCUT2D eigenvalue weighted by atomic mass is 16.2. The van der Waals surface area contributed by atoms with Crippen LogP contribution >= 0.6 is 0 Å². The molecule has 4 aliphatic rings. The molecule has 8 heteroatoms. The molecule has 3 N–H and O–H groups in total. The van der Waals surface area contributed by atoms with E-state index in [1.165, 1.54) is 38.8 Å². The zero-order valence-corrected chi connectivity index (χ0v) is 17.5. The number of nitrogens with one attached hydrogen (secondary N) is 3. The lowest BCUT2D eigenvalue weighted by Gasteiger charge is -2.47. The van der Waals surface area contributed by atoms with E-state index >= 15 is 0 Å². The monoisotopic (exact) mass is 424 g/mol. The summed E-state index contributed by atoms with van der Waals surface area (Å²) in [5, 5.41) is 9.13. The Morgan fingerprint density at radius 1 is 1.00 bits per heavy atom. The van der Waals surface area contributed by atoms with Crippen molar-refractivity contribution in [2.75, 3.05) is 19.6 Å². The molecule has 3 heterocycles. The average molecular weight is 425 g/mol. The first-order chi connectivity index (χ1) is 15.0. The summed E-state index contributed by atoms with van der Waals surface area (Å²) in [6.07, 6.45) is 5.41. The molecule has 31 heavy (non-hydrogen) atoms. The highest BCUT2D eigenvalue weighted by Crippen LogP contribution is 2.41. The van der Waals surface area contributed by atoms with Gasteiger partial charge in [-0.15, -0.1) is 0 Å². The van der Waals surface area contributed by atoms with E-state index in [1.54, 1.807) is 12.1 Å². The Kier molecular flexibility index (Phi) is 5.14. The van der Waals surface area contributed by atoms with Gasteiger partial charge >= 0.3 is 0 Å². The third-order valence-electron chi connectivity index (χ3n) is 7.43. The number of carbonyl (C=O) groups excluding carboxylic acids is 4. The molecule has 8 nitrogen and oxygen atoms in total. The van der Waals surface area contributed by atoms with Gasteiger partial charge in [0.15, 0.2) is 0 Å². The van der Waals surface area contributed by atoms with Crippen LogP contribution in [-0.2, 0) is 16.1 Å². The fourth-order valence-corrected chi connectivity index (χ4v) is 5.37. The molecule has 1 aromatic rings. The summed E-state index contributed by atoms with van der Waals surface area (Å²) in [6, 6.07) is 4.37. The minimum Gasteiger partial charge on any atom is -0.316 e. The molecule has 3 aliphatic heterocycles. The van der Waals surface area contributed by atoms with Gasteiger partial charge in [-0.2, -0.15) is 0 Å². The summed E-state index contributed by atoms with van der Waals surface area (Å²) in [6.45, 7) is 3.93. The first-order valence-corrected chi connectivity index (χ1v) is 11.2. The standard InChI is InChI=1S/C23H28N4O4/c28-19-4-3-18(20(29)26-19)27-21(30)16-2-1-15(9-17(16)22(27)31)11-24-10-14-5-7-23(8-6-14)12-25-13-23/h1-2,9,14,18,24-25H,3-8,10-13H2,(H,26,28,29). The van der Waals surface area contributed by atoms with E-state index in [2.05, 4.69) is 16.0 Å². The van der Waals surface area contributed by atoms with Crippen molar-refractivity contribution in [3.63, 3.8) is 0 Å². The molecule has 1 aliphatic carbocycles. The number of rotatable bonds is 5. The second-order valence-electron chi connectivity index (χ2n) is 9.50. The molecule has 1 aromatic carbocycles. The number of fused-ring (bicyclic) bond motifs is 1. The zero-order valence-electron chi connectivity index (χ0n) is 17.5. The van der Waals surface area contributed by atoms with Crippen LogP contribution in [0.15, 0.2) is 18.2 Å². The first-order valence-electron chi connectivity index (χ1n) is 11.2. The van der Waals surface area contributed by atoms with Gasteiger partial charge in [-0.3, -0.25) is 29.4 Å². The second kappa shape index (κ2) is 7.84. The number of hydrogen-bond donors (Lipinski definition) is 3. The van der Waals surface area contributed by atoms with Crippen molar-refractivity contribution in [1.29, 1.82) is 0 Å². The zero-order chi connectivity index (χ0) is 21.6. The van der Waals surface area contributed by atoms with Crippen LogP contribution in [0.3, 0.4) is 0 Å². The minimum atomic E-state index is -0.924. The Balaban J connectivity index is 1.19. The average Bonchev–Trinajstić information content (AvgIpc) is 2.98. The van der Waals surface area contributed by atoms with Gasteiger partial charge in [0.25, 0.3) is 11.8 Å². The van der Waals surface area contributed by atoms with E-state index in [4.69, 9.17) is 0 Å². The number of imide groups is 2. The summed E-state index contributed by atoms with van der Waals surface area (Å²) in [5.41, 5.74) is 2.18. The van der Waals surface area contributed by atoms with Crippen LogP contribution in [0.2, 0.25) is 0 Å². The van der Waals surface area contributed by atoms with Crippen molar-refractivity contribution in [1.82, 2.24) is 20.9 Å². The maximum absolute atomic E-state index is 12.9. The topological polar surface area (TPSA) is 108 Å². The molecule has 1 spiro atoms. The molecule has 0 bridgehead atoms. The predicted molar refractivity (Wildman–Crippen MR) is 112 cm³/mol. The number of carbonyl (C=O) groups is 4. The van der Waals surface area contributed by atoms with Crippen molar-refractivity contribution in [2.24, 2.45) is 11.3 Å². The predicted octanol–water partition coefficient (Wildman–Crippen LogP) is 0.957. The molecule has 3 fully saturated rings. The van der Waals surface area contributed by atoms with E-state index < -0.39 is 23.8 Å². The molecular weight excluding hydrogens is 396 g/mol. The molecule has 1 atom stereocenters. The Morgan fingerprint density at radius 3 is 2.42 bits per heavy atom. The van der Waals surface area contributed by atoms with Gasteiger partial charge in [0.05, 0.1) is 11.1 Å². The fraction of sp³-hybridized carbons (Fsp3) is 0.565. The van der Waals surface area contributed by atoms with Crippen LogP contribution in [0.25, 0.3) is 0 Å². The SMILES string of the molecule is O=C1CCC(N2C(=O)c3ccc(CNCC4CCC5(CC4)CNC5)cc3C2=O)C(=O)N1. The second-order valence-corrected chi connectivity index (χ2v) is 9.50. The lowest BCUT2D eigenvalue weighted by atomic mass is 9.67. The third kappa shape index (κ3) is 3.68. The smallest absolute Gasteiger partial charge is 0.262 e. The van der Waals surface area contributed by atoms with Crippen molar-refractivity contribution < 1.29 is 19.2 Å². The summed E-state index contributed by atoms with van der Waals surface area (Å²) < 4.78 is 0. The Labute approximate surface area is 181 Å². The van der Waals surface area contributed by atoms with Crippen LogP contribution in [-0.4, -0.2) is 54.2 Å². The molecule has 2 saturated heterocycles. The largest absolute Gasteiger partial charge is 0.316 e. The van der Waals surface area contributed by atoms with E-state index in [0.717, 1.165) is 17.0 Å². The van der Waals surface area contributed by atoms with Gasteiger partial charge in [-0.25, -0.2) is 0 Å². The van der Waals surface area contributed by atoms with E-state index in [-0.39, 0.29) is 18.7 Å². The van der Waals surface area contributed by atoms with Crippen LogP contribution < -0.4 is 16.0 Å². The number of nitrogens with zero attached hydrogens (tertiary/aromatic N) is 1. The van der Waals surface area contributed by atoms with Crippen LogP contribution in [0.4, 0.5) is 0 Å². The molecule has 1 saturated carbocycles. The van der Waals surface area contributed by atoms with E-state index in [1.807, 2.05) is 6.07 Å². The molecule has 4 amide bonds. The maximum Gasteiger partial charge on any atom is 0.262 e. The van der Waals surface area contributed by atoms with Gasteiger partial charge in [0, 0.05) is 26.1 Å².